The van der Waals surface area contributed by atoms with Gasteiger partial charge in [0.15, 0.2) is 0 Å². The Hall–Kier alpha value is -2.82. The van der Waals surface area contributed by atoms with E-state index in [0.29, 0.717) is 0 Å². The lowest BCUT2D eigenvalue weighted by molar-refractivity contribution is 0.489. The maximum atomic E-state index is 5.42. The predicted octanol–water partition coefficient (Wildman–Crippen LogP) is 3.59. The topological polar surface area (TPSA) is 55.4 Å². The monoisotopic (exact) mass is 294 g/mol. The van der Waals surface area contributed by atoms with E-state index in [2.05, 4.69) is 40.0 Å². The van der Waals surface area contributed by atoms with Crippen molar-refractivity contribution in [1.29, 1.82) is 0 Å². The van der Waals surface area contributed by atoms with E-state index >= 15 is 0 Å². The van der Waals surface area contributed by atoms with Crippen molar-refractivity contribution in [2.45, 2.75) is 20.4 Å². The first-order valence-electron chi connectivity index (χ1n) is 7.13. The summed E-state index contributed by atoms with van der Waals surface area (Å²) in [6.07, 6.45) is 5.24. The number of rotatable bonds is 5. The molecule has 0 aliphatic carbocycles. The van der Waals surface area contributed by atoms with Gasteiger partial charge < -0.3 is 8.98 Å². The Kier molecular flexibility index (Phi) is 4.05. The molecule has 22 heavy (non-hydrogen) atoms. The largest absolute Gasteiger partial charge is 0.467 e. The summed E-state index contributed by atoms with van der Waals surface area (Å²) in [4.78, 5) is 4.16. The molecule has 0 spiro atoms. The molecule has 1 N–H and O–H groups in total. The van der Waals surface area contributed by atoms with Gasteiger partial charge in [-0.2, -0.15) is 5.10 Å². The molecule has 5 heteroatoms. The van der Waals surface area contributed by atoms with Crippen LogP contribution in [-0.2, 0) is 6.54 Å². The molecule has 0 atom stereocenters. The summed E-state index contributed by atoms with van der Waals surface area (Å²) in [5.74, 6) is 1.67. The molecule has 0 aliphatic heterocycles. The fourth-order valence-electron chi connectivity index (χ4n) is 2.36. The van der Waals surface area contributed by atoms with Gasteiger partial charge in [0.2, 0.25) is 0 Å². The van der Waals surface area contributed by atoms with Gasteiger partial charge in [-0.1, -0.05) is 6.07 Å². The molecule has 0 aromatic carbocycles. The summed E-state index contributed by atoms with van der Waals surface area (Å²) in [7, 11) is 0. The van der Waals surface area contributed by atoms with Crippen molar-refractivity contribution < 1.29 is 4.42 Å². The van der Waals surface area contributed by atoms with E-state index in [1.165, 1.54) is 5.69 Å². The first-order valence-corrected chi connectivity index (χ1v) is 7.13. The summed E-state index contributed by atoms with van der Waals surface area (Å²) >= 11 is 0. The standard InChI is InChI=1S/C17H18N4O/c1-13-10-15(11-19-20-17-7-3-4-8-18-17)14(2)21(13)12-16-6-5-9-22-16/h3-11H,12H2,1-2H3,(H,18,20)/b19-11-. The van der Waals surface area contributed by atoms with Crippen LogP contribution < -0.4 is 5.43 Å². The third-order valence-electron chi connectivity index (χ3n) is 3.55. The maximum Gasteiger partial charge on any atom is 0.146 e. The van der Waals surface area contributed by atoms with Crippen LogP contribution in [0.1, 0.15) is 22.7 Å². The Labute approximate surface area is 129 Å². The second kappa shape index (κ2) is 6.30. The van der Waals surface area contributed by atoms with E-state index in [1.54, 1.807) is 12.5 Å². The van der Waals surface area contributed by atoms with Crippen LogP contribution in [0.25, 0.3) is 0 Å². The highest BCUT2D eigenvalue weighted by Gasteiger charge is 2.09. The Balaban J connectivity index is 1.74. The van der Waals surface area contributed by atoms with Crippen LogP contribution in [0.15, 0.2) is 58.4 Å². The highest BCUT2D eigenvalue weighted by molar-refractivity contribution is 5.82. The average molecular weight is 294 g/mol. The van der Waals surface area contributed by atoms with Crippen molar-refractivity contribution in [2.24, 2.45) is 5.10 Å². The van der Waals surface area contributed by atoms with Gasteiger partial charge in [-0.15, -0.1) is 0 Å². The van der Waals surface area contributed by atoms with E-state index < -0.39 is 0 Å². The Morgan fingerprint density at radius 1 is 1.27 bits per heavy atom. The summed E-state index contributed by atoms with van der Waals surface area (Å²) in [5, 5.41) is 4.25. The number of hydrogen-bond donors (Lipinski definition) is 1. The summed E-state index contributed by atoms with van der Waals surface area (Å²) < 4.78 is 7.63. The van der Waals surface area contributed by atoms with Gasteiger partial charge >= 0.3 is 0 Å². The molecule has 0 amide bonds. The van der Waals surface area contributed by atoms with Crippen molar-refractivity contribution in [2.75, 3.05) is 5.43 Å². The number of furan rings is 1. The van der Waals surface area contributed by atoms with E-state index in [9.17, 15) is 0 Å². The molecule has 5 nitrogen and oxygen atoms in total. The van der Waals surface area contributed by atoms with E-state index in [4.69, 9.17) is 4.42 Å². The fourth-order valence-corrected chi connectivity index (χ4v) is 2.36. The maximum absolute atomic E-state index is 5.42. The van der Waals surface area contributed by atoms with Crippen LogP contribution in [0.3, 0.4) is 0 Å². The van der Waals surface area contributed by atoms with Crippen LogP contribution in [0.5, 0.6) is 0 Å². The minimum absolute atomic E-state index is 0.725. The van der Waals surface area contributed by atoms with Crippen molar-refractivity contribution in [1.82, 2.24) is 9.55 Å². The second-order valence-electron chi connectivity index (χ2n) is 5.08. The lowest BCUT2D eigenvalue weighted by Gasteiger charge is -2.07. The van der Waals surface area contributed by atoms with Gasteiger partial charge in [-0.3, -0.25) is 5.43 Å². The normalized spacial score (nSPS) is 11.2. The van der Waals surface area contributed by atoms with Crippen LogP contribution in [0.4, 0.5) is 5.82 Å². The lowest BCUT2D eigenvalue weighted by Crippen LogP contribution is -2.03. The quantitative estimate of drug-likeness (QED) is 0.578. The number of aromatic nitrogens is 2. The van der Waals surface area contributed by atoms with Crippen LogP contribution >= 0.6 is 0 Å². The first kappa shape index (κ1) is 14.1. The third kappa shape index (κ3) is 3.09. The molecule has 3 rings (SSSR count). The van der Waals surface area contributed by atoms with E-state index in [0.717, 1.165) is 29.4 Å². The van der Waals surface area contributed by atoms with Gasteiger partial charge in [-0.25, -0.2) is 4.98 Å². The number of anilines is 1. The Bertz CT molecular complexity index is 758. The highest BCUT2D eigenvalue weighted by atomic mass is 16.3. The summed E-state index contributed by atoms with van der Waals surface area (Å²) in [6, 6.07) is 11.7. The zero-order chi connectivity index (χ0) is 15.4. The fraction of sp³-hybridized carbons (Fsp3) is 0.176. The number of hydrazone groups is 1. The molecule has 0 saturated carbocycles. The second-order valence-corrected chi connectivity index (χ2v) is 5.08. The van der Waals surface area contributed by atoms with Gasteiger partial charge in [-0.05, 0) is 44.2 Å². The SMILES string of the molecule is Cc1cc(/C=N\Nc2ccccn2)c(C)n1Cc1ccco1. The van der Waals surface area contributed by atoms with Crippen LogP contribution in [0, 0.1) is 13.8 Å². The van der Waals surface area contributed by atoms with Gasteiger partial charge in [0, 0.05) is 23.1 Å². The molecule has 0 aliphatic rings. The smallest absolute Gasteiger partial charge is 0.146 e. The van der Waals surface area contributed by atoms with Crippen molar-refractivity contribution >= 4 is 12.0 Å². The van der Waals surface area contributed by atoms with Gasteiger partial charge in [0.1, 0.15) is 11.6 Å². The zero-order valence-electron chi connectivity index (χ0n) is 12.7. The summed E-state index contributed by atoms with van der Waals surface area (Å²) in [6.45, 7) is 4.89. The molecule has 0 unspecified atom stereocenters. The third-order valence-corrected chi connectivity index (χ3v) is 3.55. The van der Waals surface area contributed by atoms with Gasteiger partial charge in [0.25, 0.3) is 0 Å². The number of pyridine rings is 1. The van der Waals surface area contributed by atoms with Crippen LogP contribution in [0.2, 0.25) is 0 Å². The number of aryl methyl sites for hydroxylation is 1. The molecule has 0 radical (unpaired) electrons. The van der Waals surface area contributed by atoms with Crippen molar-refractivity contribution in [3.8, 4) is 0 Å². The number of nitrogens with one attached hydrogen (secondary N) is 1. The van der Waals surface area contributed by atoms with Gasteiger partial charge in [0.05, 0.1) is 19.0 Å². The van der Waals surface area contributed by atoms with Crippen molar-refractivity contribution in [3.05, 3.63) is 71.6 Å². The Morgan fingerprint density at radius 2 is 2.18 bits per heavy atom. The highest BCUT2D eigenvalue weighted by Crippen LogP contribution is 2.16. The minimum atomic E-state index is 0.725. The molecule has 3 aromatic heterocycles. The van der Waals surface area contributed by atoms with E-state index in [1.807, 2.05) is 36.5 Å². The number of hydrogen-bond acceptors (Lipinski definition) is 4. The summed E-state index contributed by atoms with van der Waals surface area (Å²) in [5.41, 5.74) is 6.33. The molecule has 0 saturated heterocycles. The molecule has 0 fully saturated rings. The number of nitrogens with zero attached hydrogens (tertiary/aromatic N) is 3. The Morgan fingerprint density at radius 3 is 2.91 bits per heavy atom. The molecule has 112 valence electrons. The average Bonchev–Trinajstić information content (AvgIpc) is 3.13. The lowest BCUT2D eigenvalue weighted by atomic mass is 10.3. The minimum Gasteiger partial charge on any atom is -0.467 e. The molecular weight excluding hydrogens is 276 g/mol. The zero-order valence-corrected chi connectivity index (χ0v) is 12.7. The predicted molar refractivity (Wildman–Crippen MR) is 87.2 cm³/mol. The van der Waals surface area contributed by atoms with Crippen molar-refractivity contribution in [3.63, 3.8) is 0 Å². The first-order chi connectivity index (χ1) is 10.7. The molecular formula is C17H18N4O. The van der Waals surface area contributed by atoms with E-state index in [-0.39, 0.29) is 0 Å². The van der Waals surface area contributed by atoms with Crippen LogP contribution in [-0.4, -0.2) is 15.8 Å². The molecule has 3 heterocycles. The molecule has 0 bridgehead atoms. The molecule has 3 aromatic rings.